The summed E-state index contributed by atoms with van der Waals surface area (Å²) in [5, 5.41) is 2.85. The highest BCUT2D eigenvalue weighted by atomic mass is 19.1. The molecule has 1 fully saturated rings. The first kappa shape index (κ1) is 14.5. The summed E-state index contributed by atoms with van der Waals surface area (Å²) in [7, 11) is 0. The molecule has 0 unspecified atom stereocenters. The minimum Gasteiger partial charge on any atom is -0.353 e. The number of likely N-dealkylation sites (tertiary alicyclic amines) is 1. The van der Waals surface area contributed by atoms with Gasteiger partial charge in [0.2, 0.25) is 5.91 Å². The predicted octanol–water partition coefficient (Wildman–Crippen LogP) is 1.87. The van der Waals surface area contributed by atoms with Gasteiger partial charge < -0.3 is 10.2 Å². The van der Waals surface area contributed by atoms with Crippen LogP contribution in [0.3, 0.4) is 0 Å². The number of carbonyl (C=O) groups is 2. The van der Waals surface area contributed by atoms with Gasteiger partial charge in [0.05, 0.1) is 5.56 Å². The van der Waals surface area contributed by atoms with Gasteiger partial charge in [-0.25, -0.2) is 4.39 Å². The van der Waals surface area contributed by atoms with Crippen molar-refractivity contribution in [2.45, 2.75) is 32.7 Å². The van der Waals surface area contributed by atoms with Crippen LogP contribution in [0.4, 0.5) is 4.39 Å². The molecule has 1 aliphatic heterocycles. The Morgan fingerprint density at radius 2 is 1.95 bits per heavy atom. The molecule has 2 amide bonds. The van der Waals surface area contributed by atoms with Crippen LogP contribution >= 0.6 is 0 Å². The lowest BCUT2D eigenvalue weighted by Crippen LogP contribution is -2.46. The van der Waals surface area contributed by atoms with Gasteiger partial charge in [-0.2, -0.15) is 0 Å². The van der Waals surface area contributed by atoms with Gasteiger partial charge >= 0.3 is 0 Å². The zero-order valence-corrected chi connectivity index (χ0v) is 11.8. The first-order chi connectivity index (χ1) is 9.49. The number of amides is 2. The molecular weight excluding hydrogens is 259 g/mol. The van der Waals surface area contributed by atoms with Gasteiger partial charge in [-0.15, -0.1) is 0 Å². The van der Waals surface area contributed by atoms with Gasteiger partial charge in [0.1, 0.15) is 5.82 Å². The van der Waals surface area contributed by atoms with Crippen LogP contribution in [0.25, 0.3) is 0 Å². The van der Waals surface area contributed by atoms with E-state index in [0.29, 0.717) is 31.5 Å². The van der Waals surface area contributed by atoms with Crippen LogP contribution in [0.1, 0.15) is 35.7 Å². The third kappa shape index (κ3) is 3.15. The van der Waals surface area contributed by atoms with Crippen molar-refractivity contribution in [2.75, 3.05) is 13.1 Å². The second-order valence-electron chi connectivity index (χ2n) is 5.20. The second kappa shape index (κ2) is 6.03. The number of hydrogen-bond acceptors (Lipinski definition) is 2. The Hall–Kier alpha value is -1.91. The highest BCUT2D eigenvalue weighted by Crippen LogP contribution is 2.18. The average molecular weight is 278 g/mol. The third-order valence-corrected chi connectivity index (χ3v) is 3.61. The summed E-state index contributed by atoms with van der Waals surface area (Å²) >= 11 is 0. The number of aryl methyl sites for hydroxylation is 1. The molecule has 1 aromatic rings. The monoisotopic (exact) mass is 278 g/mol. The van der Waals surface area contributed by atoms with E-state index in [1.165, 1.54) is 13.0 Å². The molecule has 1 saturated heterocycles. The lowest BCUT2D eigenvalue weighted by molar-refractivity contribution is -0.119. The molecule has 1 aromatic carbocycles. The number of nitrogens with zero attached hydrogens (tertiary/aromatic N) is 1. The van der Waals surface area contributed by atoms with Gasteiger partial charge in [0.25, 0.3) is 5.91 Å². The molecule has 1 N–H and O–H groups in total. The minimum atomic E-state index is -0.443. The zero-order chi connectivity index (χ0) is 14.7. The molecular formula is C15H19FN2O2. The Balaban J connectivity index is 2.02. The fraction of sp³-hybridized carbons (Fsp3) is 0.467. The number of piperidine rings is 1. The predicted molar refractivity (Wildman–Crippen MR) is 73.9 cm³/mol. The molecule has 108 valence electrons. The highest BCUT2D eigenvalue weighted by molar-refractivity contribution is 5.94. The molecule has 0 bridgehead atoms. The van der Waals surface area contributed by atoms with Crippen LogP contribution in [0, 0.1) is 12.7 Å². The van der Waals surface area contributed by atoms with E-state index >= 15 is 0 Å². The van der Waals surface area contributed by atoms with E-state index in [1.807, 2.05) is 0 Å². The van der Waals surface area contributed by atoms with Crippen molar-refractivity contribution in [1.82, 2.24) is 10.2 Å². The molecule has 1 aliphatic rings. The molecule has 0 radical (unpaired) electrons. The Kier molecular flexibility index (Phi) is 4.37. The number of nitrogens with one attached hydrogen (secondary N) is 1. The Labute approximate surface area is 118 Å². The van der Waals surface area contributed by atoms with Gasteiger partial charge in [0, 0.05) is 26.1 Å². The lowest BCUT2D eigenvalue weighted by atomic mass is 10.0. The molecule has 0 spiro atoms. The third-order valence-electron chi connectivity index (χ3n) is 3.61. The maximum atomic E-state index is 14.0. The number of carbonyl (C=O) groups excluding carboxylic acids is 2. The summed E-state index contributed by atoms with van der Waals surface area (Å²) in [5.74, 6) is -0.770. The van der Waals surface area contributed by atoms with Gasteiger partial charge in [0.15, 0.2) is 0 Å². The Morgan fingerprint density at radius 3 is 2.55 bits per heavy atom. The Bertz CT molecular complexity index is 523. The van der Waals surface area contributed by atoms with E-state index in [4.69, 9.17) is 0 Å². The summed E-state index contributed by atoms with van der Waals surface area (Å²) < 4.78 is 14.0. The molecule has 2 rings (SSSR count). The normalized spacial score (nSPS) is 16.1. The van der Waals surface area contributed by atoms with Gasteiger partial charge in [-0.3, -0.25) is 9.59 Å². The van der Waals surface area contributed by atoms with Crippen molar-refractivity contribution in [3.8, 4) is 0 Å². The number of benzene rings is 1. The lowest BCUT2D eigenvalue weighted by Gasteiger charge is -2.32. The summed E-state index contributed by atoms with van der Waals surface area (Å²) in [5.41, 5.74) is 0.604. The van der Waals surface area contributed by atoms with Crippen molar-refractivity contribution >= 4 is 11.8 Å². The molecule has 20 heavy (non-hydrogen) atoms. The van der Waals surface area contributed by atoms with E-state index in [2.05, 4.69) is 5.32 Å². The van der Waals surface area contributed by atoms with E-state index in [9.17, 15) is 14.0 Å². The van der Waals surface area contributed by atoms with Crippen LogP contribution in [0.2, 0.25) is 0 Å². The zero-order valence-electron chi connectivity index (χ0n) is 11.8. The number of halogens is 1. The smallest absolute Gasteiger partial charge is 0.256 e. The van der Waals surface area contributed by atoms with E-state index in [0.717, 1.165) is 0 Å². The van der Waals surface area contributed by atoms with Crippen LogP contribution in [0.15, 0.2) is 18.2 Å². The van der Waals surface area contributed by atoms with Crippen LogP contribution in [0.5, 0.6) is 0 Å². The molecule has 0 aromatic heterocycles. The van der Waals surface area contributed by atoms with Crippen molar-refractivity contribution in [3.63, 3.8) is 0 Å². The summed E-state index contributed by atoms with van der Waals surface area (Å²) in [4.78, 5) is 24.9. The molecule has 1 heterocycles. The fourth-order valence-electron chi connectivity index (χ4n) is 2.50. The Morgan fingerprint density at radius 1 is 1.30 bits per heavy atom. The van der Waals surface area contributed by atoms with Crippen molar-refractivity contribution in [3.05, 3.63) is 35.1 Å². The first-order valence-electron chi connectivity index (χ1n) is 6.80. The van der Waals surface area contributed by atoms with E-state index in [-0.39, 0.29) is 23.4 Å². The second-order valence-corrected chi connectivity index (χ2v) is 5.20. The molecule has 0 saturated carbocycles. The average Bonchev–Trinajstić information content (AvgIpc) is 2.41. The van der Waals surface area contributed by atoms with Crippen molar-refractivity contribution in [1.29, 1.82) is 0 Å². The van der Waals surface area contributed by atoms with Crippen LogP contribution in [-0.2, 0) is 4.79 Å². The quantitative estimate of drug-likeness (QED) is 0.898. The molecule has 4 nitrogen and oxygen atoms in total. The topological polar surface area (TPSA) is 49.4 Å². The summed E-state index contributed by atoms with van der Waals surface area (Å²) in [6.07, 6.45) is 1.41. The van der Waals surface area contributed by atoms with Crippen molar-refractivity contribution in [2.24, 2.45) is 0 Å². The van der Waals surface area contributed by atoms with Crippen LogP contribution in [-0.4, -0.2) is 35.8 Å². The minimum absolute atomic E-state index is 0.0560. The largest absolute Gasteiger partial charge is 0.353 e. The van der Waals surface area contributed by atoms with Crippen molar-refractivity contribution < 1.29 is 14.0 Å². The van der Waals surface area contributed by atoms with Crippen LogP contribution < -0.4 is 5.32 Å². The molecule has 5 heteroatoms. The van der Waals surface area contributed by atoms with E-state index in [1.54, 1.807) is 24.0 Å². The first-order valence-corrected chi connectivity index (χ1v) is 6.80. The standard InChI is InChI=1S/C15H19FN2O2/c1-10-4-3-5-13(14(10)16)15(20)18-8-6-12(7-9-18)17-11(2)19/h3-5,12H,6-9H2,1-2H3,(H,17,19). The number of rotatable bonds is 2. The summed E-state index contributed by atoms with van der Waals surface area (Å²) in [6.45, 7) is 4.21. The fourth-order valence-corrected chi connectivity index (χ4v) is 2.50. The van der Waals surface area contributed by atoms with Gasteiger partial charge in [-0.1, -0.05) is 12.1 Å². The van der Waals surface area contributed by atoms with Gasteiger partial charge in [-0.05, 0) is 31.4 Å². The van der Waals surface area contributed by atoms with E-state index < -0.39 is 5.82 Å². The highest BCUT2D eigenvalue weighted by Gasteiger charge is 2.25. The SMILES string of the molecule is CC(=O)NC1CCN(C(=O)c2cccc(C)c2F)CC1. The summed E-state index contributed by atoms with van der Waals surface area (Å²) in [6, 6.07) is 4.97. The molecule has 0 atom stereocenters. The maximum Gasteiger partial charge on any atom is 0.256 e. The molecule has 0 aliphatic carbocycles. The number of hydrogen-bond donors (Lipinski definition) is 1. The maximum absolute atomic E-state index is 14.0.